The van der Waals surface area contributed by atoms with Gasteiger partial charge >= 0.3 is 5.97 Å². The lowest BCUT2D eigenvalue weighted by Gasteiger charge is -2.03. The van der Waals surface area contributed by atoms with E-state index in [9.17, 15) is 4.79 Å². The fourth-order valence-corrected chi connectivity index (χ4v) is 1.87. The van der Waals surface area contributed by atoms with E-state index in [1.807, 2.05) is 6.92 Å². The molecule has 0 aliphatic heterocycles. The van der Waals surface area contributed by atoms with Crippen molar-refractivity contribution in [1.29, 1.82) is 0 Å². The van der Waals surface area contributed by atoms with Gasteiger partial charge in [0.05, 0.1) is 6.61 Å². The van der Waals surface area contributed by atoms with Crippen LogP contribution < -0.4 is 4.74 Å². The van der Waals surface area contributed by atoms with Gasteiger partial charge in [-0.2, -0.15) is 0 Å². The zero-order chi connectivity index (χ0) is 10.6. The number of rotatable bonds is 5. The first-order valence-corrected chi connectivity index (χ1v) is 5.43. The quantitative estimate of drug-likeness (QED) is 0.766. The summed E-state index contributed by atoms with van der Waals surface area (Å²) in [5, 5.41) is 8.87. The van der Waals surface area contributed by atoms with Gasteiger partial charge in [-0.15, -0.1) is 11.3 Å². The lowest BCUT2D eigenvalue weighted by Crippen LogP contribution is -2.00. The van der Waals surface area contributed by atoms with E-state index in [2.05, 4.69) is 6.92 Å². The highest BCUT2D eigenvalue weighted by Gasteiger charge is 2.14. The first kappa shape index (κ1) is 11.0. The number of aromatic carboxylic acids is 1. The van der Waals surface area contributed by atoms with Crippen LogP contribution in [0.4, 0.5) is 0 Å². The van der Waals surface area contributed by atoms with E-state index in [0.717, 1.165) is 17.7 Å². The van der Waals surface area contributed by atoms with Gasteiger partial charge in [-0.3, -0.25) is 0 Å². The van der Waals surface area contributed by atoms with Crippen molar-refractivity contribution >= 4 is 17.3 Å². The average Bonchev–Trinajstić information content (AvgIpc) is 2.47. The number of carboxylic acid groups (broad SMARTS) is 1. The predicted octanol–water partition coefficient (Wildman–Crippen LogP) is 2.93. The minimum absolute atomic E-state index is 0.304. The minimum Gasteiger partial charge on any atom is -0.492 e. The molecule has 1 rings (SSSR count). The van der Waals surface area contributed by atoms with Gasteiger partial charge in [0, 0.05) is 4.88 Å². The standard InChI is InChI=1S/C10H14O3S/c1-3-4-5-13-8-6-7(2)14-9(8)10(11)12/h6H,3-5H2,1-2H3,(H,11,12). The molecule has 1 aromatic heterocycles. The summed E-state index contributed by atoms with van der Waals surface area (Å²) in [4.78, 5) is 12.1. The molecule has 0 amide bonds. The first-order chi connectivity index (χ1) is 6.65. The van der Waals surface area contributed by atoms with Gasteiger partial charge in [-0.25, -0.2) is 4.79 Å². The normalized spacial score (nSPS) is 10.1. The van der Waals surface area contributed by atoms with Gasteiger partial charge in [0.1, 0.15) is 5.75 Å². The zero-order valence-corrected chi connectivity index (χ0v) is 9.19. The fraction of sp³-hybridized carbons (Fsp3) is 0.500. The van der Waals surface area contributed by atoms with Crippen LogP contribution in [0.25, 0.3) is 0 Å². The summed E-state index contributed by atoms with van der Waals surface area (Å²) in [5.74, 6) is -0.400. The SMILES string of the molecule is CCCCOc1cc(C)sc1C(=O)O. The second-order valence-corrected chi connectivity index (χ2v) is 4.31. The molecule has 0 fully saturated rings. The molecular weight excluding hydrogens is 200 g/mol. The fourth-order valence-electron chi connectivity index (χ4n) is 1.07. The summed E-state index contributed by atoms with van der Waals surface area (Å²) in [7, 11) is 0. The molecule has 1 N–H and O–H groups in total. The topological polar surface area (TPSA) is 46.5 Å². The van der Waals surface area contributed by atoms with Crippen LogP contribution in [-0.2, 0) is 0 Å². The number of aryl methyl sites for hydroxylation is 1. The largest absolute Gasteiger partial charge is 0.492 e. The Bertz CT molecular complexity index is 317. The molecule has 78 valence electrons. The van der Waals surface area contributed by atoms with E-state index >= 15 is 0 Å². The predicted molar refractivity (Wildman–Crippen MR) is 56.4 cm³/mol. The molecule has 0 saturated heterocycles. The van der Waals surface area contributed by atoms with Crippen molar-refractivity contribution in [3.05, 3.63) is 15.8 Å². The Morgan fingerprint density at radius 1 is 1.64 bits per heavy atom. The van der Waals surface area contributed by atoms with E-state index in [-0.39, 0.29) is 0 Å². The van der Waals surface area contributed by atoms with Crippen molar-refractivity contribution in [3.8, 4) is 5.75 Å². The van der Waals surface area contributed by atoms with Gasteiger partial charge in [-0.05, 0) is 19.4 Å². The van der Waals surface area contributed by atoms with Gasteiger partial charge in [-0.1, -0.05) is 13.3 Å². The molecule has 3 nitrogen and oxygen atoms in total. The van der Waals surface area contributed by atoms with E-state index in [0.29, 0.717) is 17.2 Å². The first-order valence-electron chi connectivity index (χ1n) is 4.61. The number of carboxylic acids is 1. The third kappa shape index (κ3) is 2.73. The molecule has 0 aromatic carbocycles. The van der Waals surface area contributed by atoms with Crippen LogP contribution in [-0.4, -0.2) is 17.7 Å². The van der Waals surface area contributed by atoms with E-state index in [1.54, 1.807) is 6.07 Å². The van der Waals surface area contributed by atoms with Gasteiger partial charge in [0.25, 0.3) is 0 Å². The Kier molecular flexibility index (Phi) is 3.95. The molecule has 4 heteroatoms. The number of carbonyl (C=O) groups is 1. The highest BCUT2D eigenvalue weighted by molar-refractivity contribution is 7.14. The lowest BCUT2D eigenvalue weighted by molar-refractivity contribution is 0.0698. The molecule has 0 atom stereocenters. The number of thiophene rings is 1. The molecule has 1 aromatic rings. The molecule has 0 unspecified atom stereocenters. The van der Waals surface area contributed by atoms with Crippen molar-refractivity contribution < 1.29 is 14.6 Å². The molecule has 14 heavy (non-hydrogen) atoms. The lowest BCUT2D eigenvalue weighted by atomic mass is 10.3. The third-order valence-corrected chi connectivity index (χ3v) is 2.79. The molecule has 0 bridgehead atoms. The van der Waals surface area contributed by atoms with Crippen molar-refractivity contribution in [2.24, 2.45) is 0 Å². The molecule has 0 saturated carbocycles. The summed E-state index contributed by atoms with van der Waals surface area (Å²) >= 11 is 1.26. The summed E-state index contributed by atoms with van der Waals surface area (Å²) in [5.41, 5.74) is 0. The molecule has 0 aliphatic carbocycles. The van der Waals surface area contributed by atoms with Crippen molar-refractivity contribution in [2.45, 2.75) is 26.7 Å². The third-order valence-electron chi connectivity index (χ3n) is 1.77. The highest BCUT2D eigenvalue weighted by atomic mass is 32.1. The van der Waals surface area contributed by atoms with Gasteiger partial charge in [0.2, 0.25) is 0 Å². The maximum atomic E-state index is 10.8. The smallest absolute Gasteiger partial charge is 0.349 e. The van der Waals surface area contributed by atoms with Crippen LogP contribution in [0, 0.1) is 6.92 Å². The van der Waals surface area contributed by atoms with Crippen LogP contribution in [0.3, 0.4) is 0 Å². The van der Waals surface area contributed by atoms with Crippen LogP contribution in [0.2, 0.25) is 0 Å². The van der Waals surface area contributed by atoms with E-state index in [1.165, 1.54) is 11.3 Å². The summed E-state index contributed by atoms with van der Waals surface area (Å²) < 4.78 is 5.39. The molecular formula is C10H14O3S. The monoisotopic (exact) mass is 214 g/mol. The average molecular weight is 214 g/mol. The van der Waals surface area contributed by atoms with Gasteiger partial charge < -0.3 is 9.84 Å². The van der Waals surface area contributed by atoms with Crippen molar-refractivity contribution in [1.82, 2.24) is 0 Å². The van der Waals surface area contributed by atoms with Crippen LogP contribution >= 0.6 is 11.3 Å². The number of hydrogen-bond donors (Lipinski definition) is 1. The second kappa shape index (κ2) is 5.00. The summed E-state index contributed by atoms with van der Waals surface area (Å²) in [6.07, 6.45) is 2.00. The molecule has 0 spiro atoms. The van der Waals surface area contributed by atoms with E-state index in [4.69, 9.17) is 9.84 Å². The van der Waals surface area contributed by atoms with Crippen molar-refractivity contribution in [2.75, 3.05) is 6.61 Å². The van der Waals surface area contributed by atoms with Gasteiger partial charge in [0.15, 0.2) is 4.88 Å². The summed E-state index contributed by atoms with van der Waals surface area (Å²) in [6, 6.07) is 1.78. The Hall–Kier alpha value is -1.03. The second-order valence-electron chi connectivity index (χ2n) is 3.06. The van der Waals surface area contributed by atoms with E-state index < -0.39 is 5.97 Å². The molecule has 1 heterocycles. The Morgan fingerprint density at radius 3 is 2.93 bits per heavy atom. The van der Waals surface area contributed by atoms with Crippen LogP contribution in [0.15, 0.2) is 6.07 Å². The number of hydrogen-bond acceptors (Lipinski definition) is 3. The molecule has 0 radical (unpaired) electrons. The van der Waals surface area contributed by atoms with Crippen LogP contribution in [0.1, 0.15) is 34.3 Å². The Balaban J connectivity index is 2.69. The van der Waals surface area contributed by atoms with Crippen LogP contribution in [0.5, 0.6) is 5.75 Å². The highest BCUT2D eigenvalue weighted by Crippen LogP contribution is 2.28. The summed E-state index contributed by atoms with van der Waals surface area (Å²) in [6.45, 7) is 4.54. The molecule has 0 aliphatic rings. The maximum absolute atomic E-state index is 10.8. The Morgan fingerprint density at radius 2 is 2.36 bits per heavy atom. The number of ether oxygens (including phenoxy) is 1. The number of unbranched alkanes of at least 4 members (excludes halogenated alkanes) is 1. The maximum Gasteiger partial charge on any atom is 0.349 e. The zero-order valence-electron chi connectivity index (χ0n) is 8.37. The Labute approximate surface area is 87.3 Å². The van der Waals surface area contributed by atoms with Crippen molar-refractivity contribution in [3.63, 3.8) is 0 Å². The minimum atomic E-state index is -0.908.